The van der Waals surface area contributed by atoms with Gasteiger partial charge in [0.1, 0.15) is 11.4 Å². The fourth-order valence-electron chi connectivity index (χ4n) is 1.69. The molecule has 3 heteroatoms. The van der Waals surface area contributed by atoms with Crippen LogP contribution in [-0.4, -0.2) is 10.7 Å². The van der Waals surface area contributed by atoms with E-state index in [1.165, 1.54) is 0 Å². The Bertz CT molecular complexity index is 404. The van der Waals surface area contributed by atoms with Gasteiger partial charge in [-0.25, -0.2) is 0 Å². The predicted octanol–water partition coefficient (Wildman–Crippen LogP) is 2.55. The molecular formula is C11H13ClO2. The first-order valence-corrected chi connectivity index (χ1v) is 4.88. The van der Waals surface area contributed by atoms with E-state index in [1.807, 2.05) is 13.8 Å². The van der Waals surface area contributed by atoms with Gasteiger partial charge >= 0.3 is 0 Å². The number of aliphatic hydroxyl groups excluding tert-OH is 1. The molecule has 2 rings (SSSR count). The maximum Gasteiger partial charge on any atom is 0.129 e. The molecule has 0 spiro atoms. The molecule has 1 aliphatic heterocycles. The minimum Gasteiger partial charge on any atom is -0.487 e. The van der Waals surface area contributed by atoms with Gasteiger partial charge in [0.15, 0.2) is 0 Å². The molecule has 1 unspecified atom stereocenters. The number of aliphatic hydroxyl groups is 1. The van der Waals surface area contributed by atoms with Crippen LogP contribution in [0.4, 0.5) is 0 Å². The summed E-state index contributed by atoms with van der Waals surface area (Å²) in [6.07, 6.45) is -0.462. The Morgan fingerprint density at radius 3 is 3.00 bits per heavy atom. The van der Waals surface area contributed by atoms with E-state index in [1.54, 1.807) is 12.1 Å². The van der Waals surface area contributed by atoms with E-state index in [4.69, 9.17) is 17.7 Å². The topological polar surface area (TPSA) is 29.5 Å². The van der Waals surface area contributed by atoms with Crippen molar-refractivity contribution >= 4 is 11.6 Å². The van der Waals surface area contributed by atoms with Crippen molar-refractivity contribution in [3.8, 4) is 5.75 Å². The van der Waals surface area contributed by atoms with Crippen LogP contribution in [0.15, 0.2) is 12.1 Å². The predicted molar refractivity (Wildman–Crippen MR) is 55.8 cm³/mol. The van der Waals surface area contributed by atoms with Crippen molar-refractivity contribution in [1.29, 1.82) is 0 Å². The Hall–Kier alpha value is -0.730. The van der Waals surface area contributed by atoms with Gasteiger partial charge in [0.2, 0.25) is 0 Å². The van der Waals surface area contributed by atoms with Gasteiger partial charge < -0.3 is 9.84 Å². The standard InChI is InChI=1S/C11H13ClO2/c1-11(2)5-7-3-9(12)4-8(6-13)10(7)14-11/h3-4,13H,5-6H2,1-2H3/i5D. The SMILES string of the molecule is [2H]C1c2cc(Cl)cc(CO)c2OC1(C)C. The lowest BCUT2D eigenvalue weighted by Gasteiger charge is -2.17. The molecule has 1 aliphatic rings. The van der Waals surface area contributed by atoms with Crippen molar-refractivity contribution in [2.45, 2.75) is 32.5 Å². The summed E-state index contributed by atoms with van der Waals surface area (Å²) in [5.41, 5.74) is 0.855. The average Bonchev–Trinajstić information content (AvgIpc) is 2.39. The molecular weight excluding hydrogens is 200 g/mol. The van der Waals surface area contributed by atoms with E-state index < -0.39 is 12.0 Å². The molecule has 0 fully saturated rings. The third-order valence-electron chi connectivity index (χ3n) is 2.20. The number of hydrogen-bond donors (Lipinski definition) is 1. The van der Waals surface area contributed by atoms with E-state index >= 15 is 0 Å². The molecule has 0 amide bonds. The van der Waals surface area contributed by atoms with E-state index in [0.29, 0.717) is 16.3 Å². The highest BCUT2D eigenvalue weighted by Crippen LogP contribution is 2.39. The lowest BCUT2D eigenvalue weighted by molar-refractivity contribution is 0.134. The summed E-state index contributed by atoms with van der Waals surface area (Å²) in [6.45, 7) is 3.60. The van der Waals surface area contributed by atoms with Gasteiger partial charge in [-0.3, -0.25) is 0 Å². The van der Waals surface area contributed by atoms with Gasteiger partial charge in [-0.1, -0.05) is 11.6 Å². The second kappa shape index (κ2) is 3.14. The van der Waals surface area contributed by atoms with Gasteiger partial charge in [-0.15, -0.1) is 0 Å². The highest BCUT2D eigenvalue weighted by molar-refractivity contribution is 6.30. The number of ether oxygens (including phenoxy) is 1. The first kappa shape index (κ1) is 8.57. The molecule has 0 aliphatic carbocycles. The second-order valence-electron chi connectivity index (χ2n) is 3.99. The zero-order valence-electron chi connectivity index (χ0n) is 9.17. The molecule has 1 atom stereocenters. The highest BCUT2D eigenvalue weighted by atomic mass is 35.5. The van der Waals surface area contributed by atoms with Crippen molar-refractivity contribution in [3.63, 3.8) is 0 Å². The molecule has 0 saturated heterocycles. The first-order chi connectivity index (χ1) is 6.95. The van der Waals surface area contributed by atoms with Gasteiger partial charge in [-0.2, -0.15) is 0 Å². The van der Waals surface area contributed by atoms with Crippen molar-refractivity contribution in [3.05, 3.63) is 28.3 Å². The van der Waals surface area contributed by atoms with Gasteiger partial charge in [0.25, 0.3) is 0 Å². The monoisotopic (exact) mass is 213 g/mol. The molecule has 0 radical (unpaired) electrons. The quantitative estimate of drug-likeness (QED) is 0.777. The van der Waals surface area contributed by atoms with Crippen LogP contribution in [0.1, 0.15) is 26.3 Å². The van der Waals surface area contributed by atoms with E-state index in [-0.39, 0.29) is 6.61 Å². The molecule has 1 aromatic carbocycles. The summed E-state index contributed by atoms with van der Waals surface area (Å²) in [6, 6.07) is 3.41. The Morgan fingerprint density at radius 1 is 1.64 bits per heavy atom. The van der Waals surface area contributed by atoms with Gasteiger partial charge in [0, 0.05) is 18.4 Å². The first-order valence-electron chi connectivity index (χ1n) is 5.08. The Kier molecular flexibility index (Phi) is 1.92. The van der Waals surface area contributed by atoms with Crippen LogP contribution in [0, 0.1) is 0 Å². The maximum atomic E-state index is 9.18. The average molecular weight is 214 g/mol. The molecule has 76 valence electrons. The summed E-state index contributed by atoms with van der Waals surface area (Å²) in [5.74, 6) is 0.618. The Labute approximate surface area is 89.9 Å². The highest BCUT2D eigenvalue weighted by Gasteiger charge is 2.31. The molecule has 0 bridgehead atoms. The largest absolute Gasteiger partial charge is 0.487 e. The van der Waals surface area contributed by atoms with E-state index in [0.717, 1.165) is 5.56 Å². The second-order valence-corrected chi connectivity index (χ2v) is 4.43. The molecule has 1 aromatic rings. The molecule has 1 N–H and O–H groups in total. The van der Waals surface area contributed by atoms with Crippen LogP contribution in [0.5, 0.6) is 5.75 Å². The van der Waals surface area contributed by atoms with Crippen molar-refractivity contribution in [1.82, 2.24) is 0 Å². The Balaban J connectivity index is 2.58. The lowest BCUT2D eigenvalue weighted by atomic mass is 10.0. The lowest BCUT2D eigenvalue weighted by Crippen LogP contribution is -2.24. The van der Waals surface area contributed by atoms with Crippen LogP contribution >= 0.6 is 11.6 Å². The van der Waals surface area contributed by atoms with E-state index in [9.17, 15) is 5.11 Å². The molecule has 0 saturated carbocycles. The minimum absolute atomic E-state index is 0.119. The van der Waals surface area contributed by atoms with Crippen LogP contribution in [0.2, 0.25) is 5.02 Å². The minimum atomic E-state index is -0.559. The third kappa shape index (κ3) is 1.60. The zero-order valence-corrected chi connectivity index (χ0v) is 8.93. The van der Waals surface area contributed by atoms with Crippen LogP contribution in [-0.2, 0) is 13.0 Å². The summed E-state index contributed by atoms with van der Waals surface area (Å²) < 4.78 is 13.7. The molecule has 14 heavy (non-hydrogen) atoms. The third-order valence-corrected chi connectivity index (χ3v) is 2.42. The van der Waals surface area contributed by atoms with E-state index in [2.05, 4.69) is 0 Å². The Morgan fingerprint density at radius 2 is 2.36 bits per heavy atom. The number of fused-ring (bicyclic) bond motifs is 1. The maximum absolute atomic E-state index is 9.18. The van der Waals surface area contributed by atoms with Crippen molar-refractivity contribution in [2.24, 2.45) is 0 Å². The number of hydrogen-bond acceptors (Lipinski definition) is 2. The number of benzene rings is 1. The molecule has 1 heterocycles. The fourth-order valence-corrected chi connectivity index (χ4v) is 1.94. The summed E-state index contributed by atoms with van der Waals surface area (Å²) in [4.78, 5) is 0. The smallest absolute Gasteiger partial charge is 0.129 e. The van der Waals surface area contributed by atoms with Crippen molar-refractivity contribution < 1.29 is 11.2 Å². The fraction of sp³-hybridized carbons (Fsp3) is 0.455. The summed E-state index contributed by atoms with van der Waals surface area (Å²) >= 11 is 5.92. The van der Waals surface area contributed by atoms with Crippen LogP contribution in [0.3, 0.4) is 0 Å². The summed E-state index contributed by atoms with van der Waals surface area (Å²) in [7, 11) is 0. The van der Waals surface area contributed by atoms with Gasteiger partial charge in [-0.05, 0) is 31.5 Å². The number of halogens is 1. The molecule has 2 nitrogen and oxygen atoms in total. The molecule has 0 aromatic heterocycles. The van der Waals surface area contributed by atoms with Crippen LogP contribution in [0.25, 0.3) is 0 Å². The van der Waals surface area contributed by atoms with Crippen LogP contribution < -0.4 is 4.74 Å². The normalized spacial score (nSPS) is 24.0. The summed E-state index contributed by atoms with van der Waals surface area (Å²) in [5, 5.41) is 9.72. The zero-order chi connectivity index (χ0) is 11.2. The van der Waals surface area contributed by atoms with Crippen molar-refractivity contribution in [2.75, 3.05) is 0 Å². The number of rotatable bonds is 1. The van der Waals surface area contributed by atoms with Gasteiger partial charge in [0.05, 0.1) is 6.61 Å².